The minimum absolute atomic E-state index is 0.284. The summed E-state index contributed by atoms with van der Waals surface area (Å²) in [5.41, 5.74) is 0.913. The topological polar surface area (TPSA) is 29.5 Å². The van der Waals surface area contributed by atoms with Crippen LogP contribution in [0.5, 0.6) is 0 Å². The monoisotopic (exact) mass is 304 g/mol. The van der Waals surface area contributed by atoms with Crippen molar-refractivity contribution < 1.29 is 9.84 Å². The molecular weight excluding hydrogens is 291 g/mol. The Morgan fingerprint density at radius 3 is 2.69 bits per heavy atom. The van der Waals surface area contributed by atoms with Crippen LogP contribution in [0.3, 0.4) is 0 Å². The van der Waals surface area contributed by atoms with Crippen LogP contribution in [0.15, 0.2) is 22.7 Å². The van der Waals surface area contributed by atoms with Gasteiger partial charge in [-0.15, -0.1) is 0 Å². The van der Waals surface area contributed by atoms with Crippen molar-refractivity contribution in [1.29, 1.82) is 0 Å². The molecule has 0 spiro atoms. The highest BCUT2D eigenvalue weighted by atomic mass is 79.9. The molecule has 1 saturated heterocycles. The van der Waals surface area contributed by atoms with E-state index in [2.05, 4.69) is 15.9 Å². The Morgan fingerprint density at radius 1 is 1.38 bits per heavy atom. The maximum absolute atomic E-state index is 10.3. The highest BCUT2D eigenvalue weighted by Crippen LogP contribution is 2.34. The number of rotatable bonds is 2. The van der Waals surface area contributed by atoms with E-state index in [0.29, 0.717) is 5.02 Å². The summed E-state index contributed by atoms with van der Waals surface area (Å²) in [7, 11) is 0. The smallest absolute Gasteiger partial charge is 0.0830 e. The molecule has 1 fully saturated rings. The summed E-state index contributed by atoms with van der Waals surface area (Å²) in [4.78, 5) is 0. The van der Waals surface area contributed by atoms with Gasteiger partial charge in [-0.3, -0.25) is 0 Å². The number of hydrogen-bond acceptors (Lipinski definition) is 2. The van der Waals surface area contributed by atoms with Gasteiger partial charge in [0.2, 0.25) is 0 Å². The van der Waals surface area contributed by atoms with Crippen LogP contribution in [0.25, 0.3) is 0 Å². The van der Waals surface area contributed by atoms with Crippen LogP contribution in [0.1, 0.15) is 24.5 Å². The van der Waals surface area contributed by atoms with Crippen molar-refractivity contribution in [2.24, 2.45) is 5.92 Å². The summed E-state index contributed by atoms with van der Waals surface area (Å²) in [6.45, 7) is 1.49. The first kappa shape index (κ1) is 12.4. The third kappa shape index (κ3) is 2.77. The van der Waals surface area contributed by atoms with Crippen molar-refractivity contribution in [1.82, 2.24) is 0 Å². The fourth-order valence-corrected chi connectivity index (χ4v) is 2.94. The van der Waals surface area contributed by atoms with Gasteiger partial charge in [0.1, 0.15) is 0 Å². The summed E-state index contributed by atoms with van der Waals surface area (Å²) in [5, 5.41) is 11.0. The van der Waals surface area contributed by atoms with E-state index in [1.54, 1.807) is 0 Å². The van der Waals surface area contributed by atoms with Crippen LogP contribution in [-0.4, -0.2) is 18.3 Å². The lowest BCUT2D eigenvalue weighted by Crippen LogP contribution is -2.22. The molecule has 2 nitrogen and oxygen atoms in total. The van der Waals surface area contributed by atoms with Crippen LogP contribution < -0.4 is 0 Å². The average molecular weight is 306 g/mol. The van der Waals surface area contributed by atoms with Crippen LogP contribution in [0.2, 0.25) is 5.02 Å². The van der Waals surface area contributed by atoms with Gasteiger partial charge in [-0.05, 0) is 36.5 Å². The summed E-state index contributed by atoms with van der Waals surface area (Å²) < 4.78 is 6.17. The Balaban J connectivity index is 2.15. The van der Waals surface area contributed by atoms with E-state index in [9.17, 15) is 5.11 Å². The van der Waals surface area contributed by atoms with Gasteiger partial charge in [0.15, 0.2) is 0 Å². The molecule has 1 aliphatic heterocycles. The molecule has 1 aromatic carbocycles. The van der Waals surface area contributed by atoms with E-state index < -0.39 is 6.10 Å². The molecule has 88 valence electrons. The van der Waals surface area contributed by atoms with Crippen LogP contribution >= 0.6 is 27.5 Å². The first-order chi connectivity index (χ1) is 7.68. The Morgan fingerprint density at radius 2 is 2.06 bits per heavy atom. The summed E-state index contributed by atoms with van der Waals surface area (Å²) >= 11 is 9.31. The Kier molecular flexibility index (Phi) is 4.25. The second-order valence-corrected chi connectivity index (χ2v) is 5.35. The van der Waals surface area contributed by atoms with Crippen LogP contribution in [0.4, 0.5) is 0 Å². The van der Waals surface area contributed by atoms with Crippen LogP contribution in [0, 0.1) is 5.92 Å². The predicted octanol–water partition coefficient (Wildman–Crippen LogP) is 3.56. The van der Waals surface area contributed by atoms with E-state index in [1.807, 2.05) is 18.2 Å². The number of aliphatic hydroxyl groups is 1. The van der Waals surface area contributed by atoms with Crippen molar-refractivity contribution in [3.63, 3.8) is 0 Å². The number of halogens is 2. The molecule has 0 aromatic heterocycles. The van der Waals surface area contributed by atoms with Gasteiger partial charge in [-0.1, -0.05) is 33.6 Å². The SMILES string of the molecule is OC(c1ccc(Cl)cc1Br)C1CCOCC1. The highest BCUT2D eigenvalue weighted by Gasteiger charge is 2.24. The number of aliphatic hydroxyl groups excluding tert-OH is 1. The molecule has 0 saturated carbocycles. The molecule has 1 N–H and O–H groups in total. The maximum Gasteiger partial charge on any atom is 0.0830 e. The minimum atomic E-state index is -0.435. The van der Waals surface area contributed by atoms with Gasteiger partial charge < -0.3 is 9.84 Å². The standard InChI is InChI=1S/C12H14BrClO2/c13-11-7-9(14)1-2-10(11)12(15)8-3-5-16-6-4-8/h1-2,7-8,12,15H,3-6H2. The summed E-state index contributed by atoms with van der Waals surface area (Å²) in [5.74, 6) is 0.284. The number of ether oxygens (including phenoxy) is 1. The third-order valence-corrected chi connectivity index (χ3v) is 3.92. The van der Waals surface area contributed by atoms with E-state index >= 15 is 0 Å². The largest absolute Gasteiger partial charge is 0.388 e. The van der Waals surface area contributed by atoms with Crippen molar-refractivity contribution in [2.45, 2.75) is 18.9 Å². The lowest BCUT2D eigenvalue weighted by molar-refractivity contribution is 0.00692. The van der Waals surface area contributed by atoms with Crippen LogP contribution in [-0.2, 0) is 4.74 Å². The van der Waals surface area contributed by atoms with Crippen molar-refractivity contribution >= 4 is 27.5 Å². The lowest BCUT2D eigenvalue weighted by atomic mass is 9.89. The quantitative estimate of drug-likeness (QED) is 0.905. The van der Waals surface area contributed by atoms with E-state index in [-0.39, 0.29) is 5.92 Å². The molecule has 1 unspecified atom stereocenters. The van der Waals surface area contributed by atoms with Crippen molar-refractivity contribution in [3.05, 3.63) is 33.3 Å². The first-order valence-electron chi connectivity index (χ1n) is 5.39. The van der Waals surface area contributed by atoms with Gasteiger partial charge in [0.05, 0.1) is 6.10 Å². The van der Waals surface area contributed by atoms with E-state index in [0.717, 1.165) is 36.1 Å². The lowest BCUT2D eigenvalue weighted by Gasteiger charge is -2.27. The average Bonchev–Trinajstić information content (AvgIpc) is 2.29. The maximum atomic E-state index is 10.3. The molecule has 1 aromatic rings. The fraction of sp³-hybridized carbons (Fsp3) is 0.500. The van der Waals surface area contributed by atoms with Gasteiger partial charge in [0.25, 0.3) is 0 Å². The van der Waals surface area contributed by atoms with Gasteiger partial charge >= 0.3 is 0 Å². The Bertz CT molecular complexity index is 364. The molecule has 16 heavy (non-hydrogen) atoms. The zero-order valence-electron chi connectivity index (χ0n) is 8.83. The normalized spacial score (nSPS) is 19.7. The molecule has 2 rings (SSSR count). The molecule has 1 atom stereocenters. The number of benzene rings is 1. The zero-order chi connectivity index (χ0) is 11.5. The summed E-state index contributed by atoms with van der Waals surface area (Å²) in [6, 6.07) is 5.51. The molecule has 1 heterocycles. The Hall–Kier alpha value is -0.0900. The second-order valence-electron chi connectivity index (χ2n) is 4.06. The zero-order valence-corrected chi connectivity index (χ0v) is 11.2. The molecule has 0 radical (unpaired) electrons. The first-order valence-corrected chi connectivity index (χ1v) is 6.56. The predicted molar refractivity (Wildman–Crippen MR) is 67.7 cm³/mol. The molecule has 1 aliphatic rings. The molecule has 0 aliphatic carbocycles. The molecule has 0 amide bonds. The Labute approximate surface area is 109 Å². The summed E-state index contributed by atoms with van der Waals surface area (Å²) in [6.07, 6.45) is 1.39. The molecule has 0 bridgehead atoms. The second kappa shape index (κ2) is 5.50. The minimum Gasteiger partial charge on any atom is -0.388 e. The van der Waals surface area contributed by atoms with E-state index in [4.69, 9.17) is 16.3 Å². The third-order valence-electron chi connectivity index (χ3n) is 2.99. The van der Waals surface area contributed by atoms with Gasteiger partial charge in [0, 0.05) is 22.7 Å². The number of hydrogen-bond donors (Lipinski definition) is 1. The highest BCUT2D eigenvalue weighted by molar-refractivity contribution is 9.10. The van der Waals surface area contributed by atoms with Crippen molar-refractivity contribution in [2.75, 3.05) is 13.2 Å². The molecule has 4 heteroatoms. The van der Waals surface area contributed by atoms with Crippen molar-refractivity contribution in [3.8, 4) is 0 Å². The van der Waals surface area contributed by atoms with Gasteiger partial charge in [-0.2, -0.15) is 0 Å². The molecular formula is C12H14BrClO2. The van der Waals surface area contributed by atoms with E-state index in [1.165, 1.54) is 0 Å². The fourth-order valence-electron chi connectivity index (χ4n) is 2.03. The van der Waals surface area contributed by atoms with Gasteiger partial charge in [-0.25, -0.2) is 0 Å².